The first-order valence-electron chi connectivity index (χ1n) is 10.0. The molecule has 3 aliphatic rings. The average molecular weight is 399 g/mol. The fraction of sp³-hybridized carbons (Fsp3) is 0.842. The van der Waals surface area contributed by atoms with E-state index in [9.17, 15) is 19.5 Å². The zero-order chi connectivity index (χ0) is 19.6. The van der Waals surface area contributed by atoms with Crippen LogP contribution in [0.1, 0.15) is 46.0 Å². The Labute approximate surface area is 164 Å². The Hall–Kier alpha value is -1.28. The molecule has 0 aliphatic carbocycles. The molecule has 2 N–H and O–H groups in total. The van der Waals surface area contributed by atoms with E-state index in [4.69, 9.17) is 4.74 Å². The second-order valence-corrected chi connectivity index (χ2v) is 9.16. The van der Waals surface area contributed by atoms with Crippen LogP contribution < -0.4 is 5.32 Å². The summed E-state index contributed by atoms with van der Waals surface area (Å²) >= 11 is 1.62. The number of thioether (sulfide) groups is 1. The van der Waals surface area contributed by atoms with Crippen molar-refractivity contribution in [1.82, 2.24) is 10.2 Å². The van der Waals surface area contributed by atoms with Crippen LogP contribution in [-0.2, 0) is 19.1 Å². The van der Waals surface area contributed by atoms with Crippen LogP contribution in [0.15, 0.2) is 0 Å². The number of fused-ring (bicyclic) bond motifs is 1. The van der Waals surface area contributed by atoms with Gasteiger partial charge in [0, 0.05) is 18.3 Å². The molecule has 2 unspecified atom stereocenters. The Morgan fingerprint density at radius 3 is 2.81 bits per heavy atom. The van der Waals surface area contributed by atoms with Gasteiger partial charge in [-0.25, -0.2) is 0 Å². The number of carbonyl (C=O) groups is 3. The third-order valence-electron chi connectivity index (χ3n) is 6.03. The smallest absolute Gasteiger partial charge is 0.310 e. The molecular formula is C19H30N2O5S. The number of aliphatic hydroxyl groups excluding tert-OH is 1. The molecular weight excluding hydrogens is 368 g/mol. The van der Waals surface area contributed by atoms with Crippen LogP contribution in [0.2, 0.25) is 0 Å². The van der Waals surface area contributed by atoms with Gasteiger partial charge in [0.25, 0.3) is 0 Å². The molecule has 3 heterocycles. The Kier molecular flexibility index (Phi) is 6.35. The van der Waals surface area contributed by atoms with Gasteiger partial charge in [0.2, 0.25) is 11.8 Å². The molecule has 2 amide bonds. The van der Waals surface area contributed by atoms with Crippen molar-refractivity contribution in [3.8, 4) is 0 Å². The van der Waals surface area contributed by atoms with Crippen LogP contribution in [0.4, 0.5) is 0 Å². The van der Waals surface area contributed by atoms with E-state index in [1.165, 1.54) is 4.90 Å². The molecule has 3 aliphatic heterocycles. The van der Waals surface area contributed by atoms with Gasteiger partial charge in [-0.2, -0.15) is 0 Å². The lowest BCUT2D eigenvalue weighted by molar-refractivity contribution is -0.153. The number of amides is 2. The summed E-state index contributed by atoms with van der Waals surface area (Å²) in [5.74, 6) is -1.70. The second kappa shape index (κ2) is 8.39. The number of hydrogen-bond donors (Lipinski definition) is 2. The van der Waals surface area contributed by atoms with Gasteiger partial charge < -0.3 is 20.1 Å². The minimum Gasteiger partial charge on any atom is -0.466 e. The Balaban J connectivity index is 1.85. The molecule has 152 valence electrons. The van der Waals surface area contributed by atoms with E-state index in [0.717, 1.165) is 32.1 Å². The fourth-order valence-electron chi connectivity index (χ4n) is 4.99. The number of rotatable bonds is 9. The molecule has 3 saturated heterocycles. The number of hydrogen-bond acceptors (Lipinski definition) is 6. The number of esters is 1. The SMILES string of the molecule is CCCCCNC(=O)C1N(CCO)C(=O)[C@@H]2[C@H](C(=O)OCC)[C@@H]3CCC12S3. The Bertz CT molecular complexity index is 601. The summed E-state index contributed by atoms with van der Waals surface area (Å²) < 4.78 is 4.66. The molecule has 0 aromatic carbocycles. The first kappa shape index (κ1) is 20.5. The number of nitrogens with zero attached hydrogens (tertiary/aromatic N) is 1. The molecule has 0 aromatic heterocycles. The zero-order valence-electron chi connectivity index (χ0n) is 16.1. The van der Waals surface area contributed by atoms with Crippen LogP contribution in [0.25, 0.3) is 0 Å². The van der Waals surface area contributed by atoms with Crippen molar-refractivity contribution in [3.05, 3.63) is 0 Å². The molecule has 0 radical (unpaired) electrons. The summed E-state index contributed by atoms with van der Waals surface area (Å²) in [6.45, 7) is 4.64. The van der Waals surface area contributed by atoms with Gasteiger partial charge >= 0.3 is 5.97 Å². The number of likely N-dealkylation sites (tertiary alicyclic amines) is 1. The van der Waals surface area contributed by atoms with Crippen molar-refractivity contribution >= 4 is 29.5 Å². The molecule has 27 heavy (non-hydrogen) atoms. The van der Waals surface area contributed by atoms with Gasteiger partial charge in [0.15, 0.2) is 0 Å². The molecule has 8 heteroatoms. The monoisotopic (exact) mass is 398 g/mol. The van der Waals surface area contributed by atoms with Crippen molar-refractivity contribution in [1.29, 1.82) is 0 Å². The fourth-order valence-corrected chi connectivity index (χ4v) is 7.20. The second-order valence-electron chi connectivity index (χ2n) is 7.56. The van der Waals surface area contributed by atoms with Crippen LogP contribution in [0.5, 0.6) is 0 Å². The molecule has 7 nitrogen and oxygen atoms in total. The third-order valence-corrected chi connectivity index (χ3v) is 7.98. The van der Waals surface area contributed by atoms with Gasteiger partial charge in [0.1, 0.15) is 6.04 Å². The number of aliphatic hydroxyl groups is 1. The van der Waals surface area contributed by atoms with E-state index in [0.29, 0.717) is 6.54 Å². The summed E-state index contributed by atoms with van der Waals surface area (Å²) in [5, 5.41) is 12.5. The number of β-amino-alcohol motifs (C(OH)–C–C–N with tert-alkyl or cyclic N) is 1. The van der Waals surface area contributed by atoms with E-state index in [1.807, 2.05) is 0 Å². The van der Waals surface area contributed by atoms with Crippen LogP contribution in [-0.4, -0.2) is 70.1 Å². The summed E-state index contributed by atoms with van der Waals surface area (Å²) in [6.07, 6.45) is 4.56. The van der Waals surface area contributed by atoms with Crippen molar-refractivity contribution < 1.29 is 24.2 Å². The number of carbonyl (C=O) groups excluding carboxylic acids is 3. The van der Waals surface area contributed by atoms with Crippen LogP contribution in [0, 0.1) is 11.8 Å². The maximum atomic E-state index is 13.2. The summed E-state index contributed by atoms with van der Waals surface area (Å²) in [7, 11) is 0. The Morgan fingerprint density at radius 2 is 2.15 bits per heavy atom. The largest absolute Gasteiger partial charge is 0.466 e. The topological polar surface area (TPSA) is 95.9 Å². The molecule has 0 saturated carbocycles. The predicted molar refractivity (Wildman–Crippen MR) is 102 cm³/mol. The minimum atomic E-state index is -0.627. The van der Waals surface area contributed by atoms with E-state index >= 15 is 0 Å². The van der Waals surface area contributed by atoms with Crippen molar-refractivity contribution in [2.75, 3.05) is 26.3 Å². The van der Waals surface area contributed by atoms with Gasteiger partial charge in [-0.3, -0.25) is 14.4 Å². The van der Waals surface area contributed by atoms with Gasteiger partial charge in [-0.15, -0.1) is 11.8 Å². The lowest BCUT2D eigenvalue weighted by Gasteiger charge is -2.33. The van der Waals surface area contributed by atoms with Crippen molar-refractivity contribution in [2.24, 2.45) is 11.8 Å². The van der Waals surface area contributed by atoms with Gasteiger partial charge in [-0.1, -0.05) is 19.8 Å². The predicted octanol–water partition coefficient (Wildman–Crippen LogP) is 0.939. The van der Waals surface area contributed by atoms with E-state index in [-0.39, 0.29) is 42.8 Å². The standard InChI is InChI=1S/C19H30N2O5S/c1-3-5-6-9-20-16(23)15-19-8-7-12(27-19)13(18(25)26-4-2)14(19)17(24)21(15)10-11-22/h12-15,22H,3-11H2,1-2H3,(H,20,23)/t12-,13+,14-,15?,19?/m0/s1. The summed E-state index contributed by atoms with van der Waals surface area (Å²) in [4.78, 5) is 40.3. The highest BCUT2D eigenvalue weighted by atomic mass is 32.2. The van der Waals surface area contributed by atoms with E-state index in [2.05, 4.69) is 12.2 Å². The van der Waals surface area contributed by atoms with Crippen molar-refractivity contribution in [3.63, 3.8) is 0 Å². The summed E-state index contributed by atoms with van der Waals surface area (Å²) in [6, 6.07) is -0.627. The first-order chi connectivity index (χ1) is 13.0. The lowest BCUT2D eigenvalue weighted by atomic mass is 9.71. The maximum absolute atomic E-state index is 13.2. The zero-order valence-corrected chi connectivity index (χ0v) is 16.9. The highest BCUT2D eigenvalue weighted by Crippen LogP contribution is 2.66. The minimum absolute atomic E-state index is 0.0321. The van der Waals surface area contributed by atoms with Gasteiger partial charge in [0.05, 0.1) is 29.8 Å². The molecule has 0 aromatic rings. The number of ether oxygens (including phenoxy) is 1. The lowest BCUT2D eigenvalue weighted by Crippen LogP contribution is -2.54. The number of unbranched alkanes of at least 4 members (excludes halogenated alkanes) is 2. The number of nitrogens with one attached hydrogen (secondary N) is 1. The normalized spacial score (nSPS) is 34.0. The average Bonchev–Trinajstić information content (AvgIpc) is 3.27. The molecule has 3 fully saturated rings. The van der Waals surface area contributed by atoms with E-state index < -0.39 is 22.6 Å². The van der Waals surface area contributed by atoms with E-state index in [1.54, 1.807) is 18.7 Å². The molecule has 3 rings (SSSR count). The maximum Gasteiger partial charge on any atom is 0.310 e. The molecule has 5 atom stereocenters. The van der Waals surface area contributed by atoms with Crippen LogP contribution >= 0.6 is 11.8 Å². The molecule has 1 spiro atoms. The summed E-state index contributed by atoms with van der Waals surface area (Å²) in [5.41, 5.74) is 0. The Morgan fingerprint density at radius 1 is 1.37 bits per heavy atom. The highest BCUT2D eigenvalue weighted by Gasteiger charge is 2.73. The van der Waals surface area contributed by atoms with Crippen LogP contribution in [0.3, 0.4) is 0 Å². The van der Waals surface area contributed by atoms with Crippen molar-refractivity contribution in [2.45, 2.75) is 62.0 Å². The highest BCUT2D eigenvalue weighted by molar-refractivity contribution is 8.02. The third kappa shape index (κ3) is 3.35. The molecule has 2 bridgehead atoms. The van der Waals surface area contributed by atoms with Gasteiger partial charge in [-0.05, 0) is 26.2 Å². The quantitative estimate of drug-likeness (QED) is 0.443. The first-order valence-corrected chi connectivity index (χ1v) is 10.9.